The standard InChI is InChI=1S/C29H35F2N7/c1-28(18-29(28,30)31)24-16-23-22(9-12-34-27(23)36-24)26-35-14-13-33-17-20(19-5-3-6-19)15-25(37-26)38(2)21-7-4-10-32-11-8-21/h9,12-17,19,21,32H,3-8,10-11,18H2,1-2H3,(H,34,36). The van der Waals surface area contributed by atoms with Gasteiger partial charge < -0.3 is 15.2 Å². The van der Waals surface area contributed by atoms with E-state index in [4.69, 9.17) is 9.97 Å². The maximum Gasteiger partial charge on any atom is 0.260 e. The van der Waals surface area contributed by atoms with Crippen molar-refractivity contribution in [2.45, 2.75) is 75.2 Å². The molecule has 2 saturated carbocycles. The van der Waals surface area contributed by atoms with E-state index in [1.54, 1.807) is 31.6 Å². The molecule has 0 aromatic carbocycles. The number of pyridine rings is 1. The molecule has 0 spiro atoms. The van der Waals surface area contributed by atoms with Gasteiger partial charge in [0.1, 0.15) is 11.5 Å². The van der Waals surface area contributed by atoms with Crippen molar-refractivity contribution in [2.75, 3.05) is 25.0 Å². The van der Waals surface area contributed by atoms with Gasteiger partial charge in [0.05, 0.1) is 5.41 Å². The lowest BCUT2D eigenvalue weighted by molar-refractivity contribution is 0.0912. The molecule has 1 saturated heterocycles. The molecule has 7 nitrogen and oxygen atoms in total. The third-order valence-corrected chi connectivity index (χ3v) is 8.75. The van der Waals surface area contributed by atoms with E-state index in [0.717, 1.165) is 62.0 Å². The molecule has 4 heterocycles. The highest BCUT2D eigenvalue weighted by Gasteiger charge is 2.69. The number of aromatic nitrogens is 5. The average molecular weight is 520 g/mol. The molecule has 9 heteroatoms. The smallest absolute Gasteiger partial charge is 0.260 e. The number of halogens is 2. The Morgan fingerprint density at radius 3 is 2.61 bits per heavy atom. The Hall–Kier alpha value is -3.20. The van der Waals surface area contributed by atoms with Crippen LogP contribution >= 0.6 is 0 Å². The molecule has 38 heavy (non-hydrogen) atoms. The van der Waals surface area contributed by atoms with Gasteiger partial charge in [0.15, 0.2) is 5.82 Å². The lowest BCUT2D eigenvalue weighted by Gasteiger charge is -2.29. The number of fused-ring (bicyclic) bond motifs is 1. The van der Waals surface area contributed by atoms with Gasteiger partial charge in [-0.2, -0.15) is 0 Å². The van der Waals surface area contributed by atoms with Crippen molar-refractivity contribution < 1.29 is 8.78 Å². The molecule has 2 aliphatic carbocycles. The van der Waals surface area contributed by atoms with Crippen LogP contribution in [0.5, 0.6) is 0 Å². The summed E-state index contributed by atoms with van der Waals surface area (Å²) in [5, 5.41) is 4.24. The Kier molecular flexibility index (Phi) is 6.50. The number of alkyl halides is 2. The summed E-state index contributed by atoms with van der Waals surface area (Å²) < 4.78 is 28.4. The van der Waals surface area contributed by atoms with Crippen molar-refractivity contribution in [2.24, 2.45) is 0 Å². The Bertz CT molecular complexity index is 1380. The molecular weight excluding hydrogens is 484 g/mol. The van der Waals surface area contributed by atoms with Gasteiger partial charge in [0.25, 0.3) is 5.92 Å². The van der Waals surface area contributed by atoms with Crippen LogP contribution in [-0.2, 0) is 5.41 Å². The van der Waals surface area contributed by atoms with Gasteiger partial charge in [0.2, 0.25) is 0 Å². The normalized spacial score (nSPS) is 24.8. The molecule has 6 rings (SSSR count). The fraction of sp³-hybridized carbons (Fsp3) is 0.517. The highest BCUT2D eigenvalue weighted by atomic mass is 19.3. The van der Waals surface area contributed by atoms with E-state index < -0.39 is 11.3 Å². The van der Waals surface area contributed by atoms with Crippen molar-refractivity contribution in [3.05, 3.63) is 54.2 Å². The first-order valence-corrected chi connectivity index (χ1v) is 13.7. The van der Waals surface area contributed by atoms with Gasteiger partial charge in [-0.3, -0.25) is 4.98 Å². The van der Waals surface area contributed by atoms with Gasteiger partial charge >= 0.3 is 0 Å². The van der Waals surface area contributed by atoms with Gasteiger partial charge in [-0.15, -0.1) is 0 Å². The number of nitrogens with zero attached hydrogens (tertiary/aromatic N) is 5. The lowest BCUT2D eigenvalue weighted by atomic mass is 9.81. The summed E-state index contributed by atoms with van der Waals surface area (Å²) in [4.78, 5) is 24.3. The molecule has 200 valence electrons. The van der Waals surface area contributed by atoms with Gasteiger partial charge in [-0.1, -0.05) is 6.42 Å². The van der Waals surface area contributed by atoms with Crippen LogP contribution in [0.15, 0.2) is 43.0 Å². The summed E-state index contributed by atoms with van der Waals surface area (Å²) in [5.41, 5.74) is 1.81. The topological polar surface area (TPSA) is 82.6 Å². The first-order valence-electron chi connectivity index (χ1n) is 13.7. The molecule has 2 atom stereocenters. The number of hydrogen-bond donors (Lipinski definition) is 2. The molecular formula is C29H35F2N7. The van der Waals surface area contributed by atoms with Crippen molar-refractivity contribution in [1.82, 2.24) is 30.2 Å². The van der Waals surface area contributed by atoms with E-state index in [0.29, 0.717) is 29.1 Å². The van der Waals surface area contributed by atoms with Crippen LogP contribution in [0, 0.1) is 0 Å². The summed E-state index contributed by atoms with van der Waals surface area (Å²) in [6, 6.07) is 6.19. The molecule has 2 N–H and O–H groups in total. The number of aromatic amines is 1. The highest BCUT2D eigenvalue weighted by Crippen LogP contribution is 2.61. The zero-order valence-corrected chi connectivity index (χ0v) is 22.1. The number of rotatable bonds is 5. The molecule has 3 aromatic rings. The lowest BCUT2D eigenvalue weighted by Crippen LogP contribution is -2.33. The summed E-state index contributed by atoms with van der Waals surface area (Å²) in [5.74, 6) is -0.864. The fourth-order valence-corrected chi connectivity index (χ4v) is 5.69. The van der Waals surface area contributed by atoms with E-state index >= 15 is 0 Å². The minimum atomic E-state index is -2.72. The Morgan fingerprint density at radius 1 is 1.00 bits per heavy atom. The molecule has 2 unspecified atom stereocenters. The predicted octanol–water partition coefficient (Wildman–Crippen LogP) is 5.68. The second kappa shape index (κ2) is 9.84. The zero-order valence-electron chi connectivity index (χ0n) is 22.1. The average Bonchev–Trinajstić information content (AvgIpc) is 3.26. The van der Waals surface area contributed by atoms with E-state index in [-0.39, 0.29) is 6.42 Å². The first kappa shape index (κ1) is 25.1. The third kappa shape index (κ3) is 4.61. The number of nitrogens with one attached hydrogen (secondary N) is 2. The second-order valence-electron chi connectivity index (χ2n) is 11.2. The quantitative estimate of drug-likeness (QED) is 0.451. The second-order valence-corrected chi connectivity index (χ2v) is 11.2. The van der Waals surface area contributed by atoms with E-state index in [1.807, 2.05) is 12.3 Å². The summed E-state index contributed by atoms with van der Waals surface area (Å²) in [7, 11) is 2.12. The summed E-state index contributed by atoms with van der Waals surface area (Å²) >= 11 is 0. The van der Waals surface area contributed by atoms with Crippen molar-refractivity contribution >= 4 is 16.9 Å². The van der Waals surface area contributed by atoms with E-state index in [9.17, 15) is 8.78 Å². The number of hydrogen-bond acceptors (Lipinski definition) is 6. The maximum absolute atomic E-state index is 14.2. The monoisotopic (exact) mass is 519 g/mol. The van der Waals surface area contributed by atoms with Crippen LogP contribution in [0.4, 0.5) is 14.6 Å². The summed E-state index contributed by atoms with van der Waals surface area (Å²) in [6.45, 7) is 3.61. The highest BCUT2D eigenvalue weighted by molar-refractivity contribution is 5.92. The molecule has 3 aromatic heterocycles. The number of anilines is 1. The first-order chi connectivity index (χ1) is 18.4. The molecule has 0 radical (unpaired) electrons. The van der Waals surface area contributed by atoms with Gasteiger partial charge in [-0.25, -0.2) is 23.7 Å². The van der Waals surface area contributed by atoms with Crippen molar-refractivity contribution in [3.8, 4) is 11.4 Å². The van der Waals surface area contributed by atoms with Gasteiger partial charge in [0, 0.05) is 60.9 Å². The van der Waals surface area contributed by atoms with E-state index in [2.05, 4.69) is 38.3 Å². The maximum atomic E-state index is 14.2. The number of H-pyrrole nitrogens is 1. The molecule has 3 aliphatic rings. The third-order valence-electron chi connectivity index (χ3n) is 8.75. The SMILES string of the molecule is CN(c1cc(C2CCC2)cnccnc(-c2ccnc3[nH]c(C4(C)CC4(F)F)cc23)n1)C1CCCNCC1. The molecule has 0 bridgehead atoms. The fourth-order valence-electron chi connectivity index (χ4n) is 5.69. The Balaban J connectivity index is 1.50. The Labute approximate surface area is 221 Å². The summed E-state index contributed by atoms with van der Waals surface area (Å²) in [6.07, 6.45) is 13.6. The van der Waals surface area contributed by atoms with Crippen LogP contribution < -0.4 is 10.2 Å². The molecule has 3 fully saturated rings. The molecule has 0 amide bonds. The van der Waals surface area contributed by atoms with Crippen LogP contribution in [-0.4, -0.2) is 57.0 Å². The van der Waals surface area contributed by atoms with Crippen molar-refractivity contribution in [1.29, 1.82) is 0 Å². The van der Waals surface area contributed by atoms with Crippen LogP contribution in [0.3, 0.4) is 0 Å². The molecule has 1 aliphatic heterocycles. The van der Waals surface area contributed by atoms with Crippen LogP contribution in [0.25, 0.3) is 22.4 Å². The minimum Gasteiger partial charge on any atom is -0.357 e. The zero-order chi connectivity index (χ0) is 26.3. The minimum absolute atomic E-state index is 0.165. The predicted molar refractivity (Wildman–Crippen MR) is 145 cm³/mol. The Morgan fingerprint density at radius 2 is 1.84 bits per heavy atom. The van der Waals surface area contributed by atoms with Crippen LogP contribution in [0.1, 0.15) is 69.0 Å². The van der Waals surface area contributed by atoms with Crippen LogP contribution in [0.2, 0.25) is 0 Å². The van der Waals surface area contributed by atoms with E-state index in [1.165, 1.54) is 12.0 Å². The van der Waals surface area contributed by atoms with Crippen molar-refractivity contribution in [3.63, 3.8) is 0 Å². The van der Waals surface area contributed by atoms with Gasteiger partial charge in [-0.05, 0) is 81.8 Å². The largest absolute Gasteiger partial charge is 0.357 e.